The van der Waals surface area contributed by atoms with Crippen molar-refractivity contribution in [3.8, 4) is 11.3 Å². The highest BCUT2D eigenvalue weighted by atomic mass is 16.3. The molecule has 0 spiro atoms. The van der Waals surface area contributed by atoms with E-state index in [9.17, 15) is 0 Å². The fourth-order valence-electron chi connectivity index (χ4n) is 7.03. The van der Waals surface area contributed by atoms with Gasteiger partial charge in [0.05, 0.1) is 5.69 Å². The molecule has 47 heavy (non-hydrogen) atoms. The maximum atomic E-state index is 6.60. The van der Waals surface area contributed by atoms with Crippen molar-refractivity contribution in [2.45, 2.75) is 0 Å². The Morgan fingerprint density at radius 2 is 0.915 bits per heavy atom. The molecule has 0 radical (unpaired) electrons. The number of aromatic nitrogens is 1. The van der Waals surface area contributed by atoms with Crippen LogP contribution in [0.15, 0.2) is 167 Å². The zero-order chi connectivity index (χ0) is 30.9. The topological polar surface area (TPSA) is 42.4 Å². The second-order valence-electron chi connectivity index (χ2n) is 12.0. The van der Waals surface area contributed by atoms with Crippen LogP contribution in [0.5, 0.6) is 0 Å². The van der Waals surface area contributed by atoms with Crippen molar-refractivity contribution in [1.82, 2.24) is 4.98 Å². The van der Waals surface area contributed by atoms with E-state index in [1.807, 2.05) is 24.4 Å². The molecule has 4 heteroatoms. The SMILES string of the molecule is c1ccc(-c2ccc(N(c3ccc4c(c3)oc3c5ccccc5ccc43)c3ccc4c(c3)oc3c5ccccc5ccc43)cc2)nc1. The fraction of sp³-hybridized carbons (Fsp3) is 0. The Labute approximate surface area is 269 Å². The van der Waals surface area contributed by atoms with Gasteiger partial charge in [-0.05, 0) is 71.4 Å². The largest absolute Gasteiger partial charge is 0.455 e. The number of fused-ring (bicyclic) bond motifs is 10. The highest BCUT2D eigenvalue weighted by Gasteiger charge is 2.19. The second kappa shape index (κ2) is 10.1. The normalized spacial score (nSPS) is 11.8. The Bertz CT molecular complexity index is 2640. The zero-order valence-electron chi connectivity index (χ0n) is 25.2. The lowest BCUT2D eigenvalue weighted by Gasteiger charge is -2.25. The molecule has 0 aliphatic heterocycles. The first-order valence-electron chi connectivity index (χ1n) is 15.8. The standard InChI is InChI=1S/C43H26N2O2/c1-3-9-33-27(7-1)14-20-37-35-22-18-31(25-40(35)46-42(33)37)45(30-16-12-29(13-17-30)39-11-5-6-24-44-39)32-19-23-36-38-21-15-28-8-2-4-10-34(28)43(38)47-41(36)26-32/h1-26H. The summed E-state index contributed by atoms with van der Waals surface area (Å²) in [7, 11) is 0. The van der Waals surface area contributed by atoms with Crippen LogP contribution in [0.25, 0.3) is 76.7 Å². The summed E-state index contributed by atoms with van der Waals surface area (Å²) in [6, 6.07) is 52.9. The predicted molar refractivity (Wildman–Crippen MR) is 194 cm³/mol. The molecule has 0 bridgehead atoms. The first-order chi connectivity index (χ1) is 23.3. The summed E-state index contributed by atoms with van der Waals surface area (Å²) in [5.74, 6) is 0. The highest BCUT2D eigenvalue weighted by Crippen LogP contribution is 2.42. The van der Waals surface area contributed by atoms with Crippen molar-refractivity contribution in [2.24, 2.45) is 0 Å². The summed E-state index contributed by atoms with van der Waals surface area (Å²) in [6.07, 6.45) is 1.83. The van der Waals surface area contributed by atoms with Crippen LogP contribution < -0.4 is 4.90 Å². The lowest BCUT2D eigenvalue weighted by Crippen LogP contribution is -2.09. The van der Waals surface area contributed by atoms with E-state index in [1.165, 1.54) is 10.8 Å². The summed E-state index contributed by atoms with van der Waals surface area (Å²) < 4.78 is 13.2. The van der Waals surface area contributed by atoms with Gasteiger partial charge in [-0.1, -0.05) is 78.9 Å². The van der Waals surface area contributed by atoms with Gasteiger partial charge in [0.1, 0.15) is 22.3 Å². The third-order valence-electron chi connectivity index (χ3n) is 9.30. The molecular formula is C43H26N2O2. The van der Waals surface area contributed by atoms with Gasteiger partial charge < -0.3 is 13.7 Å². The highest BCUT2D eigenvalue weighted by molar-refractivity contribution is 6.16. The summed E-state index contributed by atoms with van der Waals surface area (Å²) >= 11 is 0. The van der Waals surface area contributed by atoms with E-state index in [-0.39, 0.29) is 0 Å². The molecule has 3 heterocycles. The van der Waals surface area contributed by atoms with E-state index in [0.29, 0.717) is 0 Å². The lowest BCUT2D eigenvalue weighted by atomic mass is 10.0. The molecule has 0 saturated carbocycles. The molecule has 0 aliphatic carbocycles. The van der Waals surface area contributed by atoms with Crippen LogP contribution in [0.4, 0.5) is 17.1 Å². The summed E-state index contributed by atoms with van der Waals surface area (Å²) in [5.41, 5.74) is 8.53. The minimum Gasteiger partial charge on any atom is -0.455 e. The number of anilines is 3. The minimum absolute atomic E-state index is 0.847. The molecule has 0 saturated heterocycles. The van der Waals surface area contributed by atoms with Gasteiger partial charge >= 0.3 is 0 Å². The fourth-order valence-corrected chi connectivity index (χ4v) is 7.03. The second-order valence-corrected chi connectivity index (χ2v) is 12.0. The van der Waals surface area contributed by atoms with Crippen LogP contribution in [0, 0.1) is 0 Å². The molecule has 0 amide bonds. The maximum Gasteiger partial charge on any atom is 0.143 e. The number of hydrogen-bond donors (Lipinski definition) is 0. The Hall–Kier alpha value is -6.39. The first kappa shape index (κ1) is 25.9. The molecule has 0 fully saturated rings. The van der Waals surface area contributed by atoms with Gasteiger partial charge in [-0.25, -0.2) is 0 Å². The number of rotatable bonds is 4. The summed E-state index contributed by atoms with van der Waals surface area (Å²) in [5, 5.41) is 9.00. The molecular weight excluding hydrogens is 576 g/mol. The minimum atomic E-state index is 0.847. The van der Waals surface area contributed by atoms with E-state index in [4.69, 9.17) is 8.83 Å². The molecule has 7 aromatic carbocycles. The van der Waals surface area contributed by atoms with Crippen molar-refractivity contribution in [2.75, 3.05) is 4.90 Å². The zero-order valence-corrected chi connectivity index (χ0v) is 25.2. The molecule has 4 nitrogen and oxygen atoms in total. The van der Waals surface area contributed by atoms with Crippen molar-refractivity contribution in [3.63, 3.8) is 0 Å². The Kier molecular flexibility index (Phi) is 5.54. The maximum absolute atomic E-state index is 6.60. The molecule has 0 unspecified atom stereocenters. The van der Waals surface area contributed by atoms with E-state index < -0.39 is 0 Å². The molecule has 0 atom stereocenters. The number of hydrogen-bond acceptors (Lipinski definition) is 4. The van der Waals surface area contributed by atoms with Crippen LogP contribution in [0.1, 0.15) is 0 Å². The van der Waals surface area contributed by atoms with Crippen LogP contribution in [0.2, 0.25) is 0 Å². The lowest BCUT2D eigenvalue weighted by molar-refractivity contribution is 0.672. The Morgan fingerprint density at radius 3 is 1.47 bits per heavy atom. The third kappa shape index (κ3) is 4.05. The predicted octanol–water partition coefficient (Wildman–Crippen LogP) is 12.3. The van der Waals surface area contributed by atoms with Crippen LogP contribution in [-0.4, -0.2) is 4.98 Å². The van der Waals surface area contributed by atoms with Gasteiger partial charge in [0.15, 0.2) is 0 Å². The van der Waals surface area contributed by atoms with E-state index in [1.54, 1.807) is 0 Å². The average molecular weight is 603 g/mol. The Balaban J connectivity index is 1.17. The number of furan rings is 2. The van der Waals surface area contributed by atoms with E-state index in [0.717, 1.165) is 83.0 Å². The van der Waals surface area contributed by atoms with Gasteiger partial charge in [0.2, 0.25) is 0 Å². The van der Waals surface area contributed by atoms with E-state index >= 15 is 0 Å². The third-order valence-corrected chi connectivity index (χ3v) is 9.30. The van der Waals surface area contributed by atoms with Gasteiger partial charge in [-0.3, -0.25) is 4.98 Å². The summed E-state index contributed by atoms with van der Waals surface area (Å²) in [4.78, 5) is 6.82. The van der Waals surface area contributed by atoms with Gasteiger partial charge in [0, 0.05) is 73.3 Å². The molecule has 3 aromatic heterocycles. The quantitative estimate of drug-likeness (QED) is 0.201. The summed E-state index contributed by atoms with van der Waals surface area (Å²) in [6.45, 7) is 0. The van der Waals surface area contributed by atoms with Crippen molar-refractivity contribution < 1.29 is 8.83 Å². The number of nitrogens with zero attached hydrogens (tertiary/aromatic N) is 2. The molecule has 10 aromatic rings. The molecule has 0 N–H and O–H groups in total. The Morgan fingerprint density at radius 1 is 0.404 bits per heavy atom. The van der Waals surface area contributed by atoms with E-state index in [2.05, 4.69) is 143 Å². The smallest absolute Gasteiger partial charge is 0.143 e. The van der Waals surface area contributed by atoms with Crippen LogP contribution in [0.3, 0.4) is 0 Å². The average Bonchev–Trinajstić information content (AvgIpc) is 3.71. The molecule has 220 valence electrons. The van der Waals surface area contributed by atoms with Crippen LogP contribution in [-0.2, 0) is 0 Å². The molecule has 0 aliphatic rings. The van der Waals surface area contributed by atoms with Crippen molar-refractivity contribution in [1.29, 1.82) is 0 Å². The van der Waals surface area contributed by atoms with Gasteiger partial charge in [0.25, 0.3) is 0 Å². The van der Waals surface area contributed by atoms with Crippen molar-refractivity contribution >= 4 is 82.5 Å². The number of benzene rings is 7. The first-order valence-corrected chi connectivity index (χ1v) is 15.8. The molecule has 10 rings (SSSR count). The van der Waals surface area contributed by atoms with Gasteiger partial charge in [-0.2, -0.15) is 0 Å². The van der Waals surface area contributed by atoms with Gasteiger partial charge in [-0.15, -0.1) is 0 Å². The number of pyridine rings is 1. The van der Waals surface area contributed by atoms with Crippen molar-refractivity contribution in [3.05, 3.63) is 158 Å². The van der Waals surface area contributed by atoms with Crippen LogP contribution >= 0.6 is 0 Å². The monoisotopic (exact) mass is 602 g/mol.